The van der Waals surface area contributed by atoms with Gasteiger partial charge in [-0.05, 0) is 12.3 Å². The molecule has 19 heavy (non-hydrogen) atoms. The fourth-order valence-electron chi connectivity index (χ4n) is 2.50. The lowest BCUT2D eigenvalue weighted by Gasteiger charge is -2.21. The van der Waals surface area contributed by atoms with E-state index in [9.17, 15) is 4.79 Å². The molecule has 0 aliphatic heterocycles. The van der Waals surface area contributed by atoms with Crippen LogP contribution in [0, 0.1) is 5.92 Å². The van der Waals surface area contributed by atoms with Crippen molar-refractivity contribution in [2.75, 3.05) is 12.0 Å². The van der Waals surface area contributed by atoms with Crippen LogP contribution in [0.25, 0.3) is 0 Å². The zero-order valence-electron chi connectivity index (χ0n) is 11.1. The number of amides is 1. The number of carbonyl (C=O) groups is 1. The third kappa shape index (κ3) is 4.17. The molecule has 1 aromatic rings. The van der Waals surface area contributed by atoms with Gasteiger partial charge >= 0.3 is 0 Å². The van der Waals surface area contributed by atoms with Gasteiger partial charge in [-0.25, -0.2) is 10.8 Å². The lowest BCUT2D eigenvalue weighted by atomic mass is 9.87. The highest BCUT2D eigenvalue weighted by atomic mass is 16.1. The summed E-state index contributed by atoms with van der Waals surface area (Å²) in [5.41, 5.74) is 2.67. The van der Waals surface area contributed by atoms with Crippen molar-refractivity contribution in [2.24, 2.45) is 11.8 Å². The molecule has 1 heterocycles. The predicted molar refractivity (Wildman–Crippen MR) is 73.4 cm³/mol. The second-order valence-electron chi connectivity index (χ2n) is 4.98. The van der Waals surface area contributed by atoms with Gasteiger partial charge in [0.2, 0.25) is 0 Å². The van der Waals surface area contributed by atoms with Gasteiger partial charge in [-0.3, -0.25) is 9.78 Å². The lowest BCUT2D eigenvalue weighted by Crippen LogP contribution is -2.27. The van der Waals surface area contributed by atoms with Crippen LogP contribution in [-0.2, 0) is 0 Å². The molecule has 0 spiro atoms. The first-order chi connectivity index (χ1) is 9.29. The minimum absolute atomic E-state index is 0.194. The Kier molecular flexibility index (Phi) is 5.09. The number of rotatable bonds is 5. The molecule has 6 nitrogen and oxygen atoms in total. The van der Waals surface area contributed by atoms with E-state index >= 15 is 0 Å². The Hall–Kier alpha value is -1.69. The van der Waals surface area contributed by atoms with Crippen LogP contribution in [0.15, 0.2) is 12.4 Å². The maximum Gasteiger partial charge on any atom is 0.271 e. The fraction of sp³-hybridized carbons (Fsp3) is 0.615. The molecule has 1 aliphatic rings. The summed E-state index contributed by atoms with van der Waals surface area (Å²) in [5, 5.41) is 2.89. The minimum Gasteiger partial charge on any atom is -0.351 e. The van der Waals surface area contributed by atoms with Crippen LogP contribution >= 0.6 is 0 Å². The van der Waals surface area contributed by atoms with E-state index in [4.69, 9.17) is 5.84 Å². The van der Waals surface area contributed by atoms with Crippen LogP contribution in [0.3, 0.4) is 0 Å². The summed E-state index contributed by atoms with van der Waals surface area (Å²) in [5.74, 6) is 6.19. The van der Waals surface area contributed by atoms with Gasteiger partial charge in [-0.2, -0.15) is 0 Å². The number of carbonyl (C=O) groups excluding carboxylic acids is 1. The van der Waals surface area contributed by atoms with Crippen LogP contribution < -0.4 is 16.6 Å². The molecule has 1 aliphatic carbocycles. The number of nitrogens with two attached hydrogens (primary N) is 1. The molecule has 0 radical (unpaired) electrons. The summed E-state index contributed by atoms with van der Waals surface area (Å²) >= 11 is 0. The molecule has 0 saturated heterocycles. The van der Waals surface area contributed by atoms with Crippen molar-refractivity contribution < 1.29 is 4.79 Å². The normalized spacial score (nSPS) is 16.1. The van der Waals surface area contributed by atoms with Crippen LogP contribution in [0.4, 0.5) is 5.82 Å². The van der Waals surface area contributed by atoms with Gasteiger partial charge in [0.1, 0.15) is 5.69 Å². The molecule has 0 bridgehead atoms. The third-order valence-corrected chi connectivity index (χ3v) is 3.58. The first-order valence-corrected chi connectivity index (χ1v) is 6.86. The average Bonchev–Trinajstić information content (AvgIpc) is 2.48. The monoisotopic (exact) mass is 263 g/mol. The molecule has 2 rings (SSSR count). The molecule has 1 fully saturated rings. The van der Waals surface area contributed by atoms with Crippen molar-refractivity contribution in [1.82, 2.24) is 15.3 Å². The Labute approximate surface area is 113 Å². The molecule has 4 N–H and O–H groups in total. The van der Waals surface area contributed by atoms with Crippen molar-refractivity contribution in [1.29, 1.82) is 0 Å². The maximum absolute atomic E-state index is 11.9. The molecule has 6 heteroatoms. The lowest BCUT2D eigenvalue weighted by molar-refractivity contribution is 0.0945. The van der Waals surface area contributed by atoms with E-state index in [1.54, 1.807) is 0 Å². The largest absolute Gasteiger partial charge is 0.351 e. The van der Waals surface area contributed by atoms with Gasteiger partial charge in [-0.1, -0.05) is 32.1 Å². The molecular formula is C13H21N5O. The SMILES string of the molecule is NNc1cncc(C(=O)NCCC2CCCCC2)n1. The number of aromatic nitrogens is 2. The number of hydrogen-bond donors (Lipinski definition) is 3. The van der Waals surface area contributed by atoms with Gasteiger partial charge in [0.05, 0.1) is 12.4 Å². The summed E-state index contributed by atoms with van der Waals surface area (Å²) < 4.78 is 0. The summed E-state index contributed by atoms with van der Waals surface area (Å²) in [6, 6.07) is 0. The Morgan fingerprint density at radius 2 is 2.11 bits per heavy atom. The van der Waals surface area contributed by atoms with E-state index in [-0.39, 0.29) is 5.91 Å². The first kappa shape index (κ1) is 13.7. The molecule has 104 valence electrons. The van der Waals surface area contributed by atoms with Crippen LogP contribution in [-0.4, -0.2) is 22.4 Å². The molecule has 0 atom stereocenters. The number of hydrazine groups is 1. The van der Waals surface area contributed by atoms with Crippen molar-refractivity contribution in [3.05, 3.63) is 18.1 Å². The summed E-state index contributed by atoms with van der Waals surface area (Å²) in [6.45, 7) is 0.700. The highest BCUT2D eigenvalue weighted by Crippen LogP contribution is 2.25. The molecule has 0 unspecified atom stereocenters. The highest BCUT2D eigenvalue weighted by Gasteiger charge is 2.14. The predicted octanol–water partition coefficient (Wildman–Crippen LogP) is 1.46. The van der Waals surface area contributed by atoms with Gasteiger partial charge in [0, 0.05) is 6.54 Å². The van der Waals surface area contributed by atoms with E-state index in [2.05, 4.69) is 20.7 Å². The smallest absolute Gasteiger partial charge is 0.271 e. The maximum atomic E-state index is 11.9. The fourth-order valence-corrected chi connectivity index (χ4v) is 2.50. The average molecular weight is 263 g/mol. The topological polar surface area (TPSA) is 92.9 Å². The van der Waals surface area contributed by atoms with Gasteiger partial charge in [-0.15, -0.1) is 0 Å². The van der Waals surface area contributed by atoms with Crippen LogP contribution in [0.1, 0.15) is 49.0 Å². The highest BCUT2D eigenvalue weighted by molar-refractivity contribution is 5.92. The Morgan fingerprint density at radius 1 is 1.32 bits per heavy atom. The second-order valence-corrected chi connectivity index (χ2v) is 4.98. The van der Waals surface area contributed by atoms with Crippen LogP contribution in [0.2, 0.25) is 0 Å². The van der Waals surface area contributed by atoms with Crippen LogP contribution in [0.5, 0.6) is 0 Å². The quantitative estimate of drug-likeness (QED) is 0.552. The number of nitrogens with zero attached hydrogens (tertiary/aromatic N) is 2. The summed E-state index contributed by atoms with van der Waals surface area (Å²) in [6.07, 6.45) is 10.6. The van der Waals surface area contributed by atoms with E-state index in [0.717, 1.165) is 12.3 Å². The number of anilines is 1. The standard InChI is InChI=1S/C13H21N5O/c14-18-12-9-15-8-11(17-12)13(19)16-7-6-10-4-2-1-3-5-10/h8-10H,1-7,14H2,(H,16,19)(H,17,18). The molecular weight excluding hydrogens is 242 g/mol. The number of hydrogen-bond acceptors (Lipinski definition) is 5. The van der Waals surface area contributed by atoms with Gasteiger partial charge < -0.3 is 10.7 Å². The van der Waals surface area contributed by atoms with Crippen molar-refractivity contribution >= 4 is 11.7 Å². The Balaban J connectivity index is 1.77. The van der Waals surface area contributed by atoms with Crippen molar-refractivity contribution in [2.45, 2.75) is 38.5 Å². The minimum atomic E-state index is -0.194. The van der Waals surface area contributed by atoms with Crippen molar-refractivity contribution in [3.8, 4) is 0 Å². The number of nitrogens with one attached hydrogen (secondary N) is 2. The first-order valence-electron chi connectivity index (χ1n) is 6.86. The zero-order chi connectivity index (χ0) is 13.5. The van der Waals surface area contributed by atoms with E-state index < -0.39 is 0 Å². The van der Waals surface area contributed by atoms with E-state index in [1.807, 2.05) is 0 Å². The summed E-state index contributed by atoms with van der Waals surface area (Å²) in [4.78, 5) is 19.8. The third-order valence-electron chi connectivity index (χ3n) is 3.58. The van der Waals surface area contributed by atoms with Gasteiger partial charge in [0.25, 0.3) is 5.91 Å². The Bertz CT molecular complexity index is 417. The molecule has 1 amide bonds. The van der Waals surface area contributed by atoms with E-state index in [0.29, 0.717) is 18.1 Å². The van der Waals surface area contributed by atoms with Gasteiger partial charge in [0.15, 0.2) is 5.82 Å². The second kappa shape index (κ2) is 7.04. The Morgan fingerprint density at radius 3 is 2.84 bits per heavy atom. The molecule has 1 aromatic heterocycles. The molecule has 1 saturated carbocycles. The van der Waals surface area contributed by atoms with Crippen molar-refractivity contribution in [3.63, 3.8) is 0 Å². The molecule has 0 aromatic carbocycles. The summed E-state index contributed by atoms with van der Waals surface area (Å²) in [7, 11) is 0. The van der Waals surface area contributed by atoms with E-state index in [1.165, 1.54) is 44.5 Å². The zero-order valence-corrected chi connectivity index (χ0v) is 11.1. The number of nitrogen functional groups attached to an aromatic ring is 1.